The summed E-state index contributed by atoms with van der Waals surface area (Å²) in [5, 5.41) is 2.11. The van der Waals surface area contributed by atoms with E-state index in [0.29, 0.717) is 0 Å². The zero-order valence-electron chi connectivity index (χ0n) is 9.45. The summed E-state index contributed by atoms with van der Waals surface area (Å²) < 4.78 is 5.31. The standard InChI is InChI=1S/C11H20N2OS/c1-3-14-7-4-5-11(13-12)10-6-8-15-9(10)2/h6,8,11,13H,3-5,7,12H2,1-2H3. The number of aryl methyl sites for hydroxylation is 1. The molecule has 4 heteroatoms. The minimum Gasteiger partial charge on any atom is -0.382 e. The van der Waals surface area contributed by atoms with E-state index in [4.69, 9.17) is 10.6 Å². The van der Waals surface area contributed by atoms with Gasteiger partial charge in [-0.05, 0) is 43.7 Å². The second kappa shape index (κ2) is 6.95. The van der Waals surface area contributed by atoms with Crippen LogP contribution < -0.4 is 11.3 Å². The Morgan fingerprint density at radius 1 is 1.60 bits per heavy atom. The average Bonchev–Trinajstić information content (AvgIpc) is 2.65. The maximum Gasteiger partial charge on any atom is 0.0471 e. The molecule has 0 spiro atoms. The van der Waals surface area contributed by atoms with E-state index >= 15 is 0 Å². The van der Waals surface area contributed by atoms with E-state index in [1.54, 1.807) is 11.3 Å². The highest BCUT2D eigenvalue weighted by atomic mass is 32.1. The van der Waals surface area contributed by atoms with E-state index in [-0.39, 0.29) is 6.04 Å². The van der Waals surface area contributed by atoms with Gasteiger partial charge in [0.25, 0.3) is 0 Å². The molecule has 1 heterocycles. The van der Waals surface area contributed by atoms with Crippen molar-refractivity contribution in [2.75, 3.05) is 13.2 Å². The Bertz CT molecular complexity index is 275. The monoisotopic (exact) mass is 228 g/mol. The summed E-state index contributed by atoms with van der Waals surface area (Å²) >= 11 is 1.77. The first-order valence-corrected chi connectivity index (χ1v) is 6.25. The molecule has 0 amide bonds. The van der Waals surface area contributed by atoms with Gasteiger partial charge in [-0.15, -0.1) is 11.3 Å². The van der Waals surface area contributed by atoms with Gasteiger partial charge in [0.1, 0.15) is 0 Å². The lowest BCUT2D eigenvalue weighted by Crippen LogP contribution is -2.28. The fourth-order valence-corrected chi connectivity index (χ4v) is 2.38. The number of thiophene rings is 1. The van der Waals surface area contributed by atoms with Crippen LogP contribution in [0.15, 0.2) is 11.4 Å². The van der Waals surface area contributed by atoms with Crippen LogP contribution in [0.5, 0.6) is 0 Å². The van der Waals surface area contributed by atoms with E-state index in [1.807, 2.05) is 6.92 Å². The van der Waals surface area contributed by atoms with E-state index in [0.717, 1.165) is 26.1 Å². The van der Waals surface area contributed by atoms with Crippen molar-refractivity contribution in [2.45, 2.75) is 32.7 Å². The first kappa shape index (κ1) is 12.6. The number of nitrogens with one attached hydrogen (secondary N) is 1. The Balaban J connectivity index is 2.39. The molecule has 86 valence electrons. The van der Waals surface area contributed by atoms with E-state index in [1.165, 1.54) is 10.4 Å². The molecule has 0 radical (unpaired) electrons. The Kier molecular flexibility index (Phi) is 5.86. The molecule has 0 saturated carbocycles. The first-order chi connectivity index (χ1) is 7.29. The minimum absolute atomic E-state index is 0.261. The zero-order valence-corrected chi connectivity index (χ0v) is 10.3. The van der Waals surface area contributed by atoms with Gasteiger partial charge < -0.3 is 4.74 Å². The molecule has 0 aromatic carbocycles. The molecule has 3 N–H and O–H groups in total. The first-order valence-electron chi connectivity index (χ1n) is 5.37. The van der Waals surface area contributed by atoms with Crippen LogP contribution in [0.1, 0.15) is 36.2 Å². The number of hydrogen-bond donors (Lipinski definition) is 2. The lowest BCUT2D eigenvalue weighted by atomic mass is 10.0. The highest BCUT2D eigenvalue weighted by Crippen LogP contribution is 2.25. The van der Waals surface area contributed by atoms with Crippen LogP contribution >= 0.6 is 11.3 Å². The van der Waals surface area contributed by atoms with Crippen LogP contribution in [0.25, 0.3) is 0 Å². The van der Waals surface area contributed by atoms with Crippen molar-refractivity contribution in [2.24, 2.45) is 5.84 Å². The van der Waals surface area contributed by atoms with Gasteiger partial charge in [-0.2, -0.15) is 0 Å². The summed E-state index contributed by atoms with van der Waals surface area (Å²) in [6.45, 7) is 5.75. The second-order valence-corrected chi connectivity index (χ2v) is 4.61. The molecule has 0 aliphatic carbocycles. The van der Waals surface area contributed by atoms with Gasteiger partial charge in [0.05, 0.1) is 0 Å². The fraction of sp³-hybridized carbons (Fsp3) is 0.636. The molecule has 1 unspecified atom stereocenters. The predicted octanol–water partition coefficient (Wildman–Crippen LogP) is 2.38. The summed E-state index contributed by atoms with van der Waals surface area (Å²) in [6.07, 6.45) is 2.06. The van der Waals surface area contributed by atoms with Gasteiger partial charge in [-0.25, -0.2) is 0 Å². The molecular formula is C11H20N2OS. The van der Waals surface area contributed by atoms with Crippen molar-refractivity contribution >= 4 is 11.3 Å². The topological polar surface area (TPSA) is 47.3 Å². The Hall–Kier alpha value is -0.420. The van der Waals surface area contributed by atoms with Crippen molar-refractivity contribution in [3.05, 3.63) is 21.9 Å². The van der Waals surface area contributed by atoms with E-state index < -0.39 is 0 Å². The SMILES string of the molecule is CCOCCCC(NN)c1ccsc1C. The molecular weight excluding hydrogens is 208 g/mol. The third kappa shape index (κ3) is 3.91. The molecule has 0 aliphatic heterocycles. The van der Waals surface area contributed by atoms with Crippen molar-refractivity contribution in [1.29, 1.82) is 0 Å². The Morgan fingerprint density at radius 3 is 2.93 bits per heavy atom. The van der Waals surface area contributed by atoms with Crippen LogP contribution in [-0.4, -0.2) is 13.2 Å². The van der Waals surface area contributed by atoms with Crippen LogP contribution in [0.2, 0.25) is 0 Å². The van der Waals surface area contributed by atoms with Crippen LogP contribution in [0.3, 0.4) is 0 Å². The minimum atomic E-state index is 0.261. The largest absolute Gasteiger partial charge is 0.382 e. The number of hydrogen-bond acceptors (Lipinski definition) is 4. The van der Waals surface area contributed by atoms with E-state index in [9.17, 15) is 0 Å². The Labute approximate surface area is 95.6 Å². The summed E-state index contributed by atoms with van der Waals surface area (Å²) in [5.74, 6) is 5.56. The number of hydrazine groups is 1. The molecule has 1 aromatic rings. The van der Waals surface area contributed by atoms with Gasteiger partial charge in [-0.1, -0.05) is 0 Å². The molecule has 15 heavy (non-hydrogen) atoms. The summed E-state index contributed by atoms with van der Waals surface area (Å²) in [4.78, 5) is 1.34. The molecule has 0 fully saturated rings. The molecule has 1 aromatic heterocycles. The molecule has 0 saturated heterocycles. The van der Waals surface area contributed by atoms with Crippen LogP contribution in [-0.2, 0) is 4.74 Å². The van der Waals surface area contributed by atoms with Crippen LogP contribution in [0, 0.1) is 6.92 Å². The fourth-order valence-electron chi connectivity index (χ4n) is 1.62. The van der Waals surface area contributed by atoms with Crippen molar-refractivity contribution < 1.29 is 4.74 Å². The maximum absolute atomic E-state index is 5.56. The van der Waals surface area contributed by atoms with E-state index in [2.05, 4.69) is 23.8 Å². The number of ether oxygens (including phenoxy) is 1. The van der Waals surface area contributed by atoms with Gasteiger partial charge >= 0.3 is 0 Å². The summed E-state index contributed by atoms with van der Waals surface area (Å²) in [6, 6.07) is 2.40. The zero-order chi connectivity index (χ0) is 11.1. The van der Waals surface area contributed by atoms with Crippen LogP contribution in [0.4, 0.5) is 0 Å². The van der Waals surface area contributed by atoms with Gasteiger partial charge in [-0.3, -0.25) is 11.3 Å². The normalized spacial score (nSPS) is 13.0. The molecule has 0 bridgehead atoms. The molecule has 1 rings (SSSR count). The summed E-state index contributed by atoms with van der Waals surface area (Å²) in [7, 11) is 0. The quantitative estimate of drug-likeness (QED) is 0.428. The average molecular weight is 228 g/mol. The highest BCUT2D eigenvalue weighted by molar-refractivity contribution is 7.10. The lowest BCUT2D eigenvalue weighted by molar-refractivity contribution is 0.141. The van der Waals surface area contributed by atoms with Crippen molar-refractivity contribution in [3.63, 3.8) is 0 Å². The molecule has 1 atom stereocenters. The summed E-state index contributed by atoms with van der Waals surface area (Å²) in [5.41, 5.74) is 4.19. The van der Waals surface area contributed by atoms with Gasteiger partial charge in [0.15, 0.2) is 0 Å². The third-order valence-corrected chi connectivity index (χ3v) is 3.32. The van der Waals surface area contributed by atoms with Crippen molar-refractivity contribution in [1.82, 2.24) is 5.43 Å². The maximum atomic E-state index is 5.56. The predicted molar refractivity (Wildman–Crippen MR) is 64.8 cm³/mol. The van der Waals surface area contributed by atoms with Gasteiger partial charge in [0.2, 0.25) is 0 Å². The molecule has 0 aliphatic rings. The number of nitrogens with two attached hydrogens (primary N) is 1. The second-order valence-electron chi connectivity index (χ2n) is 3.49. The highest BCUT2D eigenvalue weighted by Gasteiger charge is 2.12. The Morgan fingerprint density at radius 2 is 2.40 bits per heavy atom. The number of rotatable bonds is 7. The smallest absolute Gasteiger partial charge is 0.0471 e. The molecule has 3 nitrogen and oxygen atoms in total. The van der Waals surface area contributed by atoms with Gasteiger partial charge in [0, 0.05) is 24.1 Å². The lowest BCUT2D eigenvalue weighted by Gasteiger charge is -2.15. The van der Waals surface area contributed by atoms with Crippen molar-refractivity contribution in [3.8, 4) is 0 Å². The third-order valence-electron chi connectivity index (χ3n) is 2.46.